The van der Waals surface area contributed by atoms with Gasteiger partial charge in [0.05, 0.1) is 23.6 Å². The van der Waals surface area contributed by atoms with Crippen LogP contribution in [0.5, 0.6) is 0 Å². The monoisotopic (exact) mass is 273 g/mol. The number of anilines is 1. The Kier molecular flexibility index (Phi) is 4.02. The molecule has 0 aliphatic carbocycles. The first-order chi connectivity index (χ1) is 9.54. The summed E-state index contributed by atoms with van der Waals surface area (Å²) >= 11 is 0. The molecule has 20 heavy (non-hydrogen) atoms. The highest BCUT2D eigenvalue weighted by molar-refractivity contribution is 5.97. The highest BCUT2D eigenvalue weighted by Crippen LogP contribution is 2.16. The zero-order valence-corrected chi connectivity index (χ0v) is 12.0. The van der Waals surface area contributed by atoms with Crippen molar-refractivity contribution in [3.8, 4) is 0 Å². The number of carbonyl (C=O) groups is 1. The third-order valence-electron chi connectivity index (χ3n) is 3.24. The summed E-state index contributed by atoms with van der Waals surface area (Å²) in [7, 11) is 1.72. The first-order valence-corrected chi connectivity index (χ1v) is 6.54. The van der Waals surface area contributed by atoms with E-state index in [2.05, 4.69) is 15.4 Å². The molecule has 6 nitrogen and oxygen atoms in total. The minimum atomic E-state index is -0.234. The topological polar surface area (TPSA) is 85.8 Å². The van der Waals surface area contributed by atoms with Gasteiger partial charge in [-0.05, 0) is 25.0 Å². The maximum Gasteiger partial charge on any atom is 0.272 e. The molecule has 0 radical (unpaired) electrons. The van der Waals surface area contributed by atoms with Crippen molar-refractivity contribution in [2.75, 3.05) is 5.73 Å². The van der Waals surface area contributed by atoms with Crippen LogP contribution in [0.3, 0.4) is 0 Å². The van der Waals surface area contributed by atoms with E-state index in [1.807, 2.05) is 26.0 Å². The Balaban J connectivity index is 2.13. The number of rotatable bonds is 4. The normalized spacial score (nSPS) is 10.6. The van der Waals surface area contributed by atoms with Crippen LogP contribution in [0.15, 0.2) is 18.3 Å². The molecule has 0 aliphatic heterocycles. The summed E-state index contributed by atoms with van der Waals surface area (Å²) in [6.45, 7) is 4.29. The predicted molar refractivity (Wildman–Crippen MR) is 77.1 cm³/mol. The number of hydrogen-bond acceptors (Lipinski definition) is 4. The van der Waals surface area contributed by atoms with E-state index in [-0.39, 0.29) is 5.91 Å². The molecule has 0 unspecified atom stereocenters. The molecule has 2 heterocycles. The van der Waals surface area contributed by atoms with E-state index < -0.39 is 0 Å². The Morgan fingerprint density at radius 1 is 1.45 bits per heavy atom. The second-order valence-corrected chi connectivity index (χ2v) is 4.64. The molecule has 6 heteroatoms. The number of carbonyl (C=O) groups excluding carboxylic acids is 1. The number of aromatic nitrogens is 3. The molecule has 0 aromatic carbocycles. The SMILES string of the molecule is CCc1nn(C)c(C(=O)NCc2ncccc2C)c1N. The summed E-state index contributed by atoms with van der Waals surface area (Å²) in [6.07, 6.45) is 2.41. The summed E-state index contributed by atoms with van der Waals surface area (Å²) in [5.41, 5.74) is 9.43. The number of nitrogen functional groups attached to an aromatic ring is 1. The molecule has 0 spiro atoms. The van der Waals surface area contributed by atoms with Gasteiger partial charge in [0.2, 0.25) is 0 Å². The van der Waals surface area contributed by atoms with E-state index in [0.29, 0.717) is 24.3 Å². The lowest BCUT2D eigenvalue weighted by Gasteiger charge is -2.07. The van der Waals surface area contributed by atoms with Crippen LogP contribution in [0, 0.1) is 6.92 Å². The molecule has 2 aromatic heterocycles. The number of aryl methyl sites for hydroxylation is 3. The molecular formula is C14H19N5O. The van der Waals surface area contributed by atoms with Crippen LogP contribution in [0.4, 0.5) is 5.69 Å². The maximum absolute atomic E-state index is 12.2. The van der Waals surface area contributed by atoms with Crippen LogP contribution in [-0.4, -0.2) is 20.7 Å². The van der Waals surface area contributed by atoms with Crippen LogP contribution >= 0.6 is 0 Å². The Hall–Kier alpha value is -2.37. The van der Waals surface area contributed by atoms with E-state index in [4.69, 9.17) is 5.73 Å². The number of pyridine rings is 1. The maximum atomic E-state index is 12.2. The molecular weight excluding hydrogens is 254 g/mol. The summed E-state index contributed by atoms with van der Waals surface area (Å²) < 4.78 is 1.52. The molecule has 2 aromatic rings. The molecule has 1 amide bonds. The van der Waals surface area contributed by atoms with Crippen molar-refractivity contribution in [2.45, 2.75) is 26.8 Å². The lowest BCUT2D eigenvalue weighted by atomic mass is 10.2. The lowest BCUT2D eigenvalue weighted by molar-refractivity contribution is 0.0942. The standard InChI is InChI=1S/C14H19N5O/c1-4-10-12(15)13(19(3)18-10)14(20)17-8-11-9(2)6-5-7-16-11/h5-7H,4,8,15H2,1-3H3,(H,17,20). The summed E-state index contributed by atoms with van der Waals surface area (Å²) in [5.74, 6) is -0.234. The van der Waals surface area contributed by atoms with Crippen molar-refractivity contribution in [1.82, 2.24) is 20.1 Å². The number of hydrogen-bond donors (Lipinski definition) is 2. The van der Waals surface area contributed by atoms with Crippen LogP contribution in [-0.2, 0) is 20.0 Å². The Morgan fingerprint density at radius 3 is 2.80 bits per heavy atom. The third-order valence-corrected chi connectivity index (χ3v) is 3.24. The van der Waals surface area contributed by atoms with Gasteiger partial charge in [-0.25, -0.2) is 0 Å². The Bertz CT molecular complexity index is 632. The number of nitrogens with two attached hydrogens (primary N) is 1. The van der Waals surface area contributed by atoms with Gasteiger partial charge in [0.15, 0.2) is 0 Å². The molecule has 2 rings (SSSR count). The van der Waals surface area contributed by atoms with Gasteiger partial charge in [-0.2, -0.15) is 5.10 Å². The van der Waals surface area contributed by atoms with Crippen molar-refractivity contribution < 1.29 is 4.79 Å². The predicted octanol–water partition coefficient (Wildman–Crippen LogP) is 1.20. The van der Waals surface area contributed by atoms with Crippen LogP contribution in [0.2, 0.25) is 0 Å². The van der Waals surface area contributed by atoms with Crippen molar-refractivity contribution >= 4 is 11.6 Å². The van der Waals surface area contributed by atoms with Crippen molar-refractivity contribution in [3.63, 3.8) is 0 Å². The Morgan fingerprint density at radius 2 is 2.20 bits per heavy atom. The highest BCUT2D eigenvalue weighted by Gasteiger charge is 2.18. The average Bonchev–Trinajstić information content (AvgIpc) is 2.72. The molecule has 106 valence electrons. The molecule has 0 saturated heterocycles. The number of amides is 1. The van der Waals surface area contributed by atoms with E-state index in [1.54, 1.807) is 13.2 Å². The molecule has 0 fully saturated rings. The minimum absolute atomic E-state index is 0.234. The largest absolute Gasteiger partial charge is 0.395 e. The summed E-state index contributed by atoms with van der Waals surface area (Å²) in [5, 5.41) is 7.07. The average molecular weight is 273 g/mol. The minimum Gasteiger partial charge on any atom is -0.395 e. The summed E-state index contributed by atoms with van der Waals surface area (Å²) in [6, 6.07) is 3.83. The van der Waals surface area contributed by atoms with E-state index >= 15 is 0 Å². The smallest absolute Gasteiger partial charge is 0.272 e. The molecule has 3 N–H and O–H groups in total. The first-order valence-electron chi connectivity index (χ1n) is 6.54. The van der Waals surface area contributed by atoms with Crippen molar-refractivity contribution in [3.05, 3.63) is 41.0 Å². The van der Waals surface area contributed by atoms with E-state index in [0.717, 1.165) is 17.0 Å². The molecule has 0 bridgehead atoms. The highest BCUT2D eigenvalue weighted by atomic mass is 16.2. The number of nitrogens with one attached hydrogen (secondary N) is 1. The summed E-state index contributed by atoms with van der Waals surface area (Å²) in [4.78, 5) is 16.5. The van der Waals surface area contributed by atoms with E-state index in [9.17, 15) is 4.79 Å². The van der Waals surface area contributed by atoms with Gasteiger partial charge in [-0.15, -0.1) is 0 Å². The fourth-order valence-corrected chi connectivity index (χ4v) is 2.08. The van der Waals surface area contributed by atoms with Crippen LogP contribution in [0.25, 0.3) is 0 Å². The molecule has 0 aliphatic rings. The fraction of sp³-hybridized carbons (Fsp3) is 0.357. The third kappa shape index (κ3) is 2.64. The van der Waals surface area contributed by atoms with E-state index in [1.165, 1.54) is 4.68 Å². The fourth-order valence-electron chi connectivity index (χ4n) is 2.08. The second-order valence-electron chi connectivity index (χ2n) is 4.64. The van der Waals surface area contributed by atoms with Crippen LogP contribution in [0.1, 0.15) is 34.4 Å². The molecule has 0 atom stereocenters. The quantitative estimate of drug-likeness (QED) is 0.876. The zero-order valence-electron chi connectivity index (χ0n) is 12.0. The van der Waals surface area contributed by atoms with Gasteiger partial charge < -0.3 is 11.1 Å². The van der Waals surface area contributed by atoms with Gasteiger partial charge in [0, 0.05) is 13.2 Å². The van der Waals surface area contributed by atoms with Gasteiger partial charge in [-0.3, -0.25) is 14.5 Å². The van der Waals surface area contributed by atoms with Gasteiger partial charge in [0.25, 0.3) is 5.91 Å². The Labute approximate surface area is 118 Å². The molecule has 0 saturated carbocycles. The van der Waals surface area contributed by atoms with Gasteiger partial charge >= 0.3 is 0 Å². The first kappa shape index (κ1) is 14.0. The second kappa shape index (κ2) is 5.73. The zero-order chi connectivity index (χ0) is 14.7. The number of nitrogens with zero attached hydrogens (tertiary/aromatic N) is 3. The van der Waals surface area contributed by atoms with Crippen LogP contribution < -0.4 is 11.1 Å². The van der Waals surface area contributed by atoms with Gasteiger partial charge in [0.1, 0.15) is 5.69 Å². The van der Waals surface area contributed by atoms with Gasteiger partial charge in [-0.1, -0.05) is 13.0 Å². The van der Waals surface area contributed by atoms with Crippen molar-refractivity contribution in [1.29, 1.82) is 0 Å². The van der Waals surface area contributed by atoms with Crippen molar-refractivity contribution in [2.24, 2.45) is 7.05 Å². The lowest BCUT2D eigenvalue weighted by Crippen LogP contribution is -2.26.